The zero-order valence-corrected chi connectivity index (χ0v) is 22.7. The van der Waals surface area contributed by atoms with Crippen LogP contribution in [0.15, 0.2) is 36.4 Å². The summed E-state index contributed by atoms with van der Waals surface area (Å²) in [7, 11) is 0. The highest BCUT2D eigenvalue weighted by molar-refractivity contribution is 6.17. The molecule has 2 aromatic carbocycles. The average Bonchev–Trinajstić information content (AvgIpc) is 3.43. The SMILES string of the molecule is CC1c2nc(OCC34CCCN3CC(F)C4)nc(N3CCCOCC3)c2C(=O)N1c1cc(O)cc2ccccc12. The smallest absolute Gasteiger partial charge is 0.318 e. The van der Waals surface area contributed by atoms with Crippen molar-refractivity contribution in [3.63, 3.8) is 0 Å². The number of amides is 1. The quantitative estimate of drug-likeness (QED) is 0.507. The van der Waals surface area contributed by atoms with Gasteiger partial charge >= 0.3 is 6.01 Å². The van der Waals surface area contributed by atoms with Gasteiger partial charge in [-0.15, -0.1) is 0 Å². The lowest BCUT2D eigenvalue weighted by atomic mass is 9.95. The monoisotopic (exact) mass is 547 g/mol. The Bertz CT molecular complexity index is 1460. The molecule has 3 aromatic rings. The van der Waals surface area contributed by atoms with Gasteiger partial charge in [-0.2, -0.15) is 9.97 Å². The van der Waals surface area contributed by atoms with E-state index in [1.165, 1.54) is 0 Å². The number of nitrogens with zero attached hydrogens (tertiary/aromatic N) is 5. The van der Waals surface area contributed by atoms with Crippen LogP contribution in [-0.4, -0.2) is 83.6 Å². The Hall–Kier alpha value is -3.50. The van der Waals surface area contributed by atoms with Crippen LogP contribution in [0.2, 0.25) is 0 Å². The fraction of sp³-hybridized carbons (Fsp3) is 0.500. The number of rotatable bonds is 5. The number of phenolic OH excluding ortho intramolecular Hbond substituents is 1. The van der Waals surface area contributed by atoms with Crippen molar-refractivity contribution in [2.75, 3.05) is 55.8 Å². The molecule has 1 amide bonds. The van der Waals surface area contributed by atoms with Crippen LogP contribution in [0.3, 0.4) is 0 Å². The molecular formula is C30H34FN5O4. The third-order valence-corrected chi connectivity index (χ3v) is 8.95. The Balaban J connectivity index is 1.29. The van der Waals surface area contributed by atoms with Crippen molar-refractivity contribution in [3.05, 3.63) is 47.7 Å². The number of phenols is 1. The first-order valence-electron chi connectivity index (χ1n) is 14.3. The van der Waals surface area contributed by atoms with Gasteiger partial charge in [0.2, 0.25) is 0 Å². The Labute approximate surface area is 232 Å². The van der Waals surface area contributed by atoms with E-state index in [9.17, 15) is 14.3 Å². The normalized spacial score (nSPS) is 26.8. The Morgan fingerprint density at radius 3 is 2.92 bits per heavy atom. The fourth-order valence-electron chi connectivity index (χ4n) is 7.06. The summed E-state index contributed by atoms with van der Waals surface area (Å²) in [5, 5.41) is 12.2. The third kappa shape index (κ3) is 4.16. The lowest BCUT2D eigenvalue weighted by Gasteiger charge is -2.31. The molecule has 4 aliphatic rings. The molecule has 5 heterocycles. The van der Waals surface area contributed by atoms with E-state index in [0.29, 0.717) is 68.6 Å². The van der Waals surface area contributed by atoms with Gasteiger partial charge in [0.25, 0.3) is 5.91 Å². The van der Waals surface area contributed by atoms with Crippen LogP contribution in [-0.2, 0) is 4.74 Å². The maximum Gasteiger partial charge on any atom is 0.318 e. The molecule has 9 nitrogen and oxygen atoms in total. The largest absolute Gasteiger partial charge is 0.508 e. The summed E-state index contributed by atoms with van der Waals surface area (Å²) in [4.78, 5) is 29.8. The van der Waals surface area contributed by atoms with Crippen molar-refractivity contribution < 1.29 is 23.8 Å². The Morgan fingerprint density at radius 1 is 1.15 bits per heavy atom. The first kappa shape index (κ1) is 25.5. The van der Waals surface area contributed by atoms with Gasteiger partial charge in [0.05, 0.1) is 29.6 Å². The first-order chi connectivity index (χ1) is 19.4. The summed E-state index contributed by atoms with van der Waals surface area (Å²) in [6.07, 6.45) is 2.35. The lowest BCUT2D eigenvalue weighted by molar-refractivity contribution is 0.0992. The predicted molar refractivity (Wildman–Crippen MR) is 149 cm³/mol. The standard InChI is InChI=1S/C30H34FN5O4/c1-19-26-25(28(38)36(19)24-15-22(37)14-20-6-2-3-7-23(20)24)27(34-9-5-12-39-13-11-34)33-29(32-26)40-18-30-8-4-10-35(30)17-21(31)16-30/h2-3,6-7,14-15,19,21,37H,4-5,8-13,16-18H2,1H3. The van der Waals surface area contributed by atoms with E-state index in [2.05, 4.69) is 9.80 Å². The Morgan fingerprint density at radius 2 is 2.02 bits per heavy atom. The van der Waals surface area contributed by atoms with Crippen molar-refractivity contribution in [2.24, 2.45) is 0 Å². The van der Waals surface area contributed by atoms with Crippen molar-refractivity contribution in [3.8, 4) is 11.8 Å². The molecule has 3 unspecified atom stereocenters. The van der Waals surface area contributed by atoms with Gasteiger partial charge in [0.15, 0.2) is 0 Å². The number of halogens is 1. The van der Waals surface area contributed by atoms with Gasteiger partial charge in [0.1, 0.15) is 29.9 Å². The van der Waals surface area contributed by atoms with Crippen LogP contribution in [0.25, 0.3) is 10.8 Å². The number of hydrogen-bond donors (Lipinski definition) is 1. The van der Waals surface area contributed by atoms with Crippen LogP contribution in [0, 0.1) is 0 Å². The van der Waals surface area contributed by atoms with Crippen molar-refractivity contribution in [1.29, 1.82) is 0 Å². The van der Waals surface area contributed by atoms with Gasteiger partial charge in [-0.3, -0.25) is 14.6 Å². The van der Waals surface area contributed by atoms with E-state index in [1.54, 1.807) is 17.0 Å². The number of hydrogen-bond acceptors (Lipinski definition) is 8. The molecule has 0 radical (unpaired) electrons. The van der Waals surface area contributed by atoms with Crippen molar-refractivity contribution >= 4 is 28.2 Å². The molecule has 1 aromatic heterocycles. The molecule has 10 heteroatoms. The predicted octanol–water partition coefficient (Wildman–Crippen LogP) is 4.24. The molecule has 3 fully saturated rings. The highest BCUT2D eigenvalue weighted by Crippen LogP contribution is 2.45. The van der Waals surface area contributed by atoms with Crippen LogP contribution in [0.5, 0.6) is 11.8 Å². The summed E-state index contributed by atoms with van der Waals surface area (Å²) >= 11 is 0. The summed E-state index contributed by atoms with van der Waals surface area (Å²) in [6.45, 7) is 6.08. The minimum absolute atomic E-state index is 0.0905. The molecule has 1 N–H and O–H groups in total. The Kier molecular flexibility index (Phi) is 6.27. The minimum Gasteiger partial charge on any atom is -0.508 e. The maximum atomic E-state index is 14.4. The summed E-state index contributed by atoms with van der Waals surface area (Å²) in [5.74, 6) is 0.430. The average molecular weight is 548 g/mol. The van der Waals surface area contributed by atoms with Crippen LogP contribution < -0.4 is 14.5 Å². The van der Waals surface area contributed by atoms with E-state index >= 15 is 0 Å². The number of carbonyl (C=O) groups excluding carboxylic acids is 1. The third-order valence-electron chi connectivity index (χ3n) is 8.95. The van der Waals surface area contributed by atoms with Crippen molar-refractivity contribution in [1.82, 2.24) is 14.9 Å². The zero-order chi connectivity index (χ0) is 27.4. The van der Waals surface area contributed by atoms with E-state index in [4.69, 9.17) is 19.4 Å². The molecule has 0 bridgehead atoms. The molecule has 0 saturated carbocycles. The molecule has 0 spiro atoms. The van der Waals surface area contributed by atoms with Gasteiger partial charge < -0.3 is 19.5 Å². The van der Waals surface area contributed by atoms with Gasteiger partial charge in [0, 0.05) is 44.1 Å². The second-order valence-corrected chi connectivity index (χ2v) is 11.4. The number of aromatic hydroxyl groups is 1. The van der Waals surface area contributed by atoms with Gasteiger partial charge in [-0.25, -0.2) is 4.39 Å². The fourth-order valence-corrected chi connectivity index (χ4v) is 7.06. The molecule has 0 aliphatic carbocycles. The minimum atomic E-state index is -0.846. The van der Waals surface area contributed by atoms with Crippen LogP contribution in [0.1, 0.15) is 54.7 Å². The van der Waals surface area contributed by atoms with E-state index in [1.807, 2.05) is 31.2 Å². The molecule has 3 saturated heterocycles. The number of anilines is 2. The topological polar surface area (TPSA) is 91.3 Å². The molecule has 4 aliphatic heterocycles. The number of ether oxygens (including phenoxy) is 2. The molecule has 3 atom stereocenters. The van der Waals surface area contributed by atoms with E-state index < -0.39 is 12.2 Å². The highest BCUT2D eigenvalue weighted by Gasteiger charge is 2.50. The van der Waals surface area contributed by atoms with Crippen LogP contribution >= 0.6 is 0 Å². The second kappa shape index (κ2) is 9.85. The number of alkyl halides is 1. The lowest BCUT2D eigenvalue weighted by Crippen LogP contribution is -2.43. The number of carbonyl (C=O) groups is 1. The summed E-state index contributed by atoms with van der Waals surface area (Å²) in [6, 6.07) is 10.8. The summed E-state index contributed by atoms with van der Waals surface area (Å²) < 4.78 is 26.3. The second-order valence-electron chi connectivity index (χ2n) is 11.4. The van der Waals surface area contributed by atoms with Crippen molar-refractivity contribution in [2.45, 2.75) is 50.4 Å². The molecule has 7 rings (SSSR count). The zero-order valence-electron chi connectivity index (χ0n) is 22.7. The van der Waals surface area contributed by atoms with E-state index in [-0.39, 0.29) is 23.2 Å². The van der Waals surface area contributed by atoms with Crippen LogP contribution in [0.4, 0.5) is 15.9 Å². The maximum absolute atomic E-state index is 14.4. The first-order valence-corrected chi connectivity index (χ1v) is 14.3. The molecule has 210 valence electrons. The molecular weight excluding hydrogens is 513 g/mol. The number of fused-ring (bicyclic) bond motifs is 3. The highest BCUT2D eigenvalue weighted by atomic mass is 19.1. The summed E-state index contributed by atoms with van der Waals surface area (Å²) in [5.41, 5.74) is 1.35. The van der Waals surface area contributed by atoms with E-state index in [0.717, 1.165) is 36.6 Å². The van der Waals surface area contributed by atoms with Gasteiger partial charge in [-0.05, 0) is 44.2 Å². The van der Waals surface area contributed by atoms with Gasteiger partial charge in [-0.1, -0.05) is 24.3 Å². The number of benzene rings is 2. The number of aromatic nitrogens is 2. The molecule has 40 heavy (non-hydrogen) atoms.